The molecule has 0 aromatic carbocycles. The van der Waals surface area contributed by atoms with Gasteiger partial charge in [-0.3, -0.25) is 4.79 Å². The Morgan fingerprint density at radius 2 is 1.17 bits per heavy atom. The van der Waals surface area contributed by atoms with Gasteiger partial charge < -0.3 is 40.3 Å². The van der Waals surface area contributed by atoms with Crippen LogP contribution in [-0.2, 0) is 14.3 Å². The van der Waals surface area contributed by atoms with E-state index in [1.807, 2.05) is 6.08 Å². The third-order valence-electron chi connectivity index (χ3n) is 9.20. The zero-order chi connectivity index (χ0) is 39.5. The van der Waals surface area contributed by atoms with Gasteiger partial charge in [0.15, 0.2) is 6.29 Å². The van der Waals surface area contributed by atoms with E-state index >= 15 is 0 Å². The van der Waals surface area contributed by atoms with Gasteiger partial charge in [0.2, 0.25) is 5.91 Å². The van der Waals surface area contributed by atoms with Gasteiger partial charge in [-0.2, -0.15) is 0 Å². The van der Waals surface area contributed by atoms with Gasteiger partial charge in [0.1, 0.15) is 24.4 Å². The molecule has 54 heavy (non-hydrogen) atoms. The van der Waals surface area contributed by atoms with Crippen molar-refractivity contribution in [3.05, 3.63) is 85.1 Å². The van der Waals surface area contributed by atoms with Gasteiger partial charge >= 0.3 is 0 Å². The minimum atomic E-state index is -1.58. The highest BCUT2D eigenvalue weighted by molar-refractivity contribution is 5.76. The van der Waals surface area contributed by atoms with E-state index in [9.17, 15) is 30.3 Å². The van der Waals surface area contributed by atoms with E-state index in [2.05, 4.69) is 92.1 Å². The molecule has 1 fully saturated rings. The van der Waals surface area contributed by atoms with Crippen molar-refractivity contribution in [1.82, 2.24) is 5.32 Å². The van der Waals surface area contributed by atoms with Gasteiger partial charge in [0.05, 0.1) is 25.4 Å². The number of unbranched alkanes of at least 4 members (excludes halogenated alkanes) is 10. The molecule has 7 unspecified atom stereocenters. The minimum Gasteiger partial charge on any atom is -0.394 e. The van der Waals surface area contributed by atoms with Crippen molar-refractivity contribution in [2.45, 2.75) is 179 Å². The summed E-state index contributed by atoms with van der Waals surface area (Å²) in [4.78, 5) is 12.9. The Hall–Kier alpha value is -2.63. The first-order chi connectivity index (χ1) is 26.3. The lowest BCUT2D eigenvalue weighted by atomic mass is 9.99. The molecule has 1 rings (SSSR count). The van der Waals surface area contributed by atoms with Gasteiger partial charge in [0, 0.05) is 6.42 Å². The van der Waals surface area contributed by atoms with E-state index in [0.717, 1.165) is 57.8 Å². The molecular weight excluding hydrogens is 682 g/mol. The summed E-state index contributed by atoms with van der Waals surface area (Å²) in [5.41, 5.74) is 0. The van der Waals surface area contributed by atoms with Crippen molar-refractivity contribution in [3.8, 4) is 0 Å². The molecule has 0 spiro atoms. The van der Waals surface area contributed by atoms with Crippen LogP contribution < -0.4 is 5.32 Å². The molecule has 1 amide bonds. The standard InChI is InChI=1S/C45H75NO8/c1-3-5-7-9-11-13-15-17-19-20-21-23-25-27-29-31-33-35-41(49)46-38(37-53-45-44(52)43(51)42(50)40(36-47)54-45)39(48)34-32-30-28-26-24-22-18-16-14-12-10-8-6-4-2/h5,7,11,13,17,19,21,23-24,26-27,29,32,34,38-40,42-45,47-48,50-52H,3-4,6,8-10,12,14-16,18,20,22,25,28,30-31,33,35-37H2,1-2H3,(H,46,49)/b7-5-,13-11-,19-17-,23-21-,26-24+,29-27-,34-32+. The molecule has 1 heterocycles. The number of aliphatic hydroxyl groups excluding tert-OH is 5. The molecular formula is C45H75NO8. The Morgan fingerprint density at radius 1 is 0.648 bits per heavy atom. The van der Waals surface area contributed by atoms with Crippen LogP contribution in [0.3, 0.4) is 0 Å². The molecule has 9 nitrogen and oxygen atoms in total. The van der Waals surface area contributed by atoms with Crippen LogP contribution >= 0.6 is 0 Å². The van der Waals surface area contributed by atoms with E-state index < -0.39 is 49.5 Å². The lowest BCUT2D eigenvalue weighted by molar-refractivity contribution is -0.302. The molecule has 0 aromatic heterocycles. The number of ether oxygens (including phenoxy) is 2. The second-order valence-corrected chi connectivity index (χ2v) is 14.0. The van der Waals surface area contributed by atoms with Crippen LogP contribution in [0.1, 0.15) is 136 Å². The largest absolute Gasteiger partial charge is 0.394 e. The maximum Gasteiger partial charge on any atom is 0.220 e. The highest BCUT2D eigenvalue weighted by Crippen LogP contribution is 2.22. The van der Waals surface area contributed by atoms with Crippen molar-refractivity contribution in [1.29, 1.82) is 0 Å². The lowest BCUT2D eigenvalue weighted by Gasteiger charge is -2.40. The molecule has 7 atom stereocenters. The fourth-order valence-corrected chi connectivity index (χ4v) is 5.85. The smallest absolute Gasteiger partial charge is 0.220 e. The number of carbonyl (C=O) groups excluding carboxylic acids is 1. The SMILES string of the molecule is CC/C=C\C/C=C\C/C=C\C/C=C\C/C=C\CCCC(=O)NC(COC1OC(CO)C(O)C(O)C1O)C(O)/C=C/CC/C=C/CCCCCCCCCC. The monoisotopic (exact) mass is 758 g/mol. The fraction of sp³-hybridized carbons (Fsp3) is 0.667. The van der Waals surface area contributed by atoms with Crippen LogP contribution in [-0.4, -0.2) is 87.5 Å². The van der Waals surface area contributed by atoms with E-state index in [-0.39, 0.29) is 18.9 Å². The number of hydrogen-bond acceptors (Lipinski definition) is 8. The Morgan fingerprint density at radius 3 is 1.78 bits per heavy atom. The van der Waals surface area contributed by atoms with Crippen LogP contribution in [0.5, 0.6) is 0 Å². The minimum absolute atomic E-state index is 0.229. The summed E-state index contributed by atoms with van der Waals surface area (Å²) in [5, 5.41) is 54.0. The highest BCUT2D eigenvalue weighted by Gasteiger charge is 2.44. The molecule has 0 aliphatic carbocycles. The van der Waals surface area contributed by atoms with E-state index in [1.165, 1.54) is 51.4 Å². The summed E-state index contributed by atoms with van der Waals surface area (Å²) < 4.78 is 11.1. The van der Waals surface area contributed by atoms with Crippen molar-refractivity contribution in [2.75, 3.05) is 13.2 Å². The molecule has 308 valence electrons. The number of carbonyl (C=O) groups is 1. The fourth-order valence-electron chi connectivity index (χ4n) is 5.85. The normalized spacial score (nSPS) is 22.4. The van der Waals surface area contributed by atoms with Crippen molar-refractivity contribution >= 4 is 5.91 Å². The zero-order valence-corrected chi connectivity index (χ0v) is 33.4. The summed E-state index contributed by atoms with van der Waals surface area (Å²) in [6.07, 6.45) is 40.6. The summed E-state index contributed by atoms with van der Waals surface area (Å²) in [5.74, 6) is -0.249. The first kappa shape index (κ1) is 49.4. The summed E-state index contributed by atoms with van der Waals surface area (Å²) in [6, 6.07) is -0.854. The molecule has 1 saturated heterocycles. The maximum absolute atomic E-state index is 12.9. The second kappa shape index (κ2) is 34.8. The Kier molecular flexibility index (Phi) is 31.9. The lowest BCUT2D eigenvalue weighted by Crippen LogP contribution is -2.60. The van der Waals surface area contributed by atoms with Gasteiger partial charge in [0.25, 0.3) is 0 Å². The van der Waals surface area contributed by atoms with E-state index in [1.54, 1.807) is 6.08 Å². The van der Waals surface area contributed by atoms with Gasteiger partial charge in [-0.15, -0.1) is 0 Å². The van der Waals surface area contributed by atoms with E-state index in [4.69, 9.17) is 9.47 Å². The van der Waals surface area contributed by atoms with Gasteiger partial charge in [-0.1, -0.05) is 144 Å². The molecule has 6 N–H and O–H groups in total. The molecule has 9 heteroatoms. The third-order valence-corrected chi connectivity index (χ3v) is 9.20. The van der Waals surface area contributed by atoms with Crippen LogP contribution in [0.25, 0.3) is 0 Å². The maximum atomic E-state index is 12.9. The predicted octanol–water partition coefficient (Wildman–Crippen LogP) is 7.99. The number of allylic oxidation sites excluding steroid dienone is 13. The first-order valence-electron chi connectivity index (χ1n) is 20.8. The molecule has 0 bridgehead atoms. The zero-order valence-electron chi connectivity index (χ0n) is 33.4. The molecule has 1 aliphatic rings. The summed E-state index contributed by atoms with van der Waals surface area (Å²) in [7, 11) is 0. The number of rotatable bonds is 32. The second-order valence-electron chi connectivity index (χ2n) is 14.0. The molecule has 0 saturated carbocycles. The Bertz CT molecular complexity index is 1110. The van der Waals surface area contributed by atoms with Gasteiger partial charge in [-0.25, -0.2) is 0 Å². The number of hydrogen-bond donors (Lipinski definition) is 6. The third kappa shape index (κ3) is 25.4. The van der Waals surface area contributed by atoms with Crippen molar-refractivity contribution < 1.29 is 39.8 Å². The van der Waals surface area contributed by atoms with Crippen LogP contribution in [0, 0.1) is 0 Å². The Labute approximate surface area is 327 Å². The number of amides is 1. The summed E-state index contributed by atoms with van der Waals surface area (Å²) >= 11 is 0. The molecule has 0 aromatic rings. The first-order valence-corrected chi connectivity index (χ1v) is 20.8. The average molecular weight is 758 g/mol. The molecule has 1 aliphatic heterocycles. The van der Waals surface area contributed by atoms with Gasteiger partial charge in [-0.05, 0) is 70.6 Å². The average Bonchev–Trinajstić information content (AvgIpc) is 3.17. The number of aliphatic hydroxyl groups is 5. The van der Waals surface area contributed by atoms with Crippen LogP contribution in [0.2, 0.25) is 0 Å². The van der Waals surface area contributed by atoms with Crippen molar-refractivity contribution in [2.24, 2.45) is 0 Å². The quantitative estimate of drug-likeness (QED) is 0.0299. The predicted molar refractivity (Wildman–Crippen MR) is 221 cm³/mol. The highest BCUT2D eigenvalue weighted by atomic mass is 16.7. The number of nitrogens with one attached hydrogen (secondary N) is 1. The van der Waals surface area contributed by atoms with Crippen LogP contribution in [0.15, 0.2) is 85.1 Å². The Balaban J connectivity index is 2.50. The van der Waals surface area contributed by atoms with Crippen LogP contribution in [0.4, 0.5) is 0 Å². The molecule has 0 radical (unpaired) electrons. The van der Waals surface area contributed by atoms with Crippen molar-refractivity contribution in [3.63, 3.8) is 0 Å². The topological polar surface area (TPSA) is 149 Å². The summed E-state index contributed by atoms with van der Waals surface area (Å²) in [6.45, 7) is 3.57. The van der Waals surface area contributed by atoms with E-state index in [0.29, 0.717) is 6.42 Å².